The molecule has 0 heterocycles. The van der Waals surface area contributed by atoms with Crippen molar-refractivity contribution in [2.24, 2.45) is 0 Å². The lowest BCUT2D eigenvalue weighted by atomic mass is 9.89. The van der Waals surface area contributed by atoms with E-state index in [1.807, 2.05) is 0 Å². The van der Waals surface area contributed by atoms with Crippen LogP contribution in [0.15, 0.2) is 24.3 Å². The summed E-state index contributed by atoms with van der Waals surface area (Å²) in [6.45, 7) is 0. The minimum absolute atomic E-state index is 0.242. The molecule has 2 N–H and O–H groups in total. The Labute approximate surface area is 102 Å². The van der Waals surface area contributed by atoms with Crippen LogP contribution >= 0.6 is 0 Å². The summed E-state index contributed by atoms with van der Waals surface area (Å²) in [5.74, 6) is -0.750. The topological polar surface area (TPSA) is 49.3 Å². The number of rotatable bonds is 2. The number of nitrogens with one attached hydrogen (secondary N) is 1. The Balaban J connectivity index is 2.15. The molecule has 1 aliphatic carbocycles. The number of halogens is 3. The third-order valence-corrected chi connectivity index (χ3v) is 2.93. The molecule has 2 rings (SSSR count). The first-order chi connectivity index (χ1) is 8.38. The number of aliphatic hydroxyl groups excluding tert-OH is 1. The highest BCUT2D eigenvalue weighted by molar-refractivity contribution is 5.96. The Morgan fingerprint density at radius 2 is 1.89 bits per heavy atom. The van der Waals surface area contributed by atoms with E-state index in [2.05, 4.69) is 5.32 Å². The Kier molecular flexibility index (Phi) is 3.30. The van der Waals surface area contributed by atoms with Gasteiger partial charge in [0.15, 0.2) is 0 Å². The lowest BCUT2D eigenvalue weighted by Gasteiger charge is -2.32. The Hall–Kier alpha value is -1.56. The maximum atomic E-state index is 12.7. The van der Waals surface area contributed by atoms with Crippen molar-refractivity contribution < 1.29 is 23.1 Å². The monoisotopic (exact) mass is 259 g/mol. The van der Waals surface area contributed by atoms with E-state index in [9.17, 15) is 18.0 Å². The Morgan fingerprint density at radius 1 is 1.28 bits per heavy atom. The molecule has 0 bridgehead atoms. The second-order valence-corrected chi connectivity index (χ2v) is 4.34. The van der Waals surface area contributed by atoms with Gasteiger partial charge in [-0.25, -0.2) is 0 Å². The van der Waals surface area contributed by atoms with Crippen molar-refractivity contribution in [2.75, 3.05) is 0 Å². The van der Waals surface area contributed by atoms with Crippen molar-refractivity contribution in [1.29, 1.82) is 0 Å². The van der Waals surface area contributed by atoms with E-state index >= 15 is 0 Å². The molecule has 0 atom stereocenters. The molecule has 0 saturated heterocycles. The van der Waals surface area contributed by atoms with E-state index in [-0.39, 0.29) is 11.6 Å². The van der Waals surface area contributed by atoms with E-state index in [0.717, 1.165) is 12.1 Å². The number of carbonyl (C=O) groups excluding carboxylic acids is 1. The van der Waals surface area contributed by atoms with Gasteiger partial charge in [0, 0.05) is 6.04 Å². The Morgan fingerprint density at radius 3 is 2.44 bits per heavy atom. The van der Waals surface area contributed by atoms with Gasteiger partial charge in [-0.1, -0.05) is 12.1 Å². The van der Waals surface area contributed by atoms with Crippen molar-refractivity contribution in [2.45, 2.75) is 31.2 Å². The van der Waals surface area contributed by atoms with E-state index in [4.69, 9.17) is 5.11 Å². The SMILES string of the molecule is O=C(NC1CC(O)C1)c1ccccc1C(F)(F)F. The van der Waals surface area contributed by atoms with Gasteiger partial charge in [-0.3, -0.25) is 4.79 Å². The van der Waals surface area contributed by atoms with E-state index in [1.54, 1.807) is 0 Å². The predicted molar refractivity (Wildman–Crippen MR) is 57.9 cm³/mol. The first-order valence-corrected chi connectivity index (χ1v) is 5.53. The van der Waals surface area contributed by atoms with Crippen LogP contribution in [0, 0.1) is 0 Å². The number of alkyl halides is 3. The number of hydrogen-bond acceptors (Lipinski definition) is 2. The molecule has 0 radical (unpaired) electrons. The zero-order chi connectivity index (χ0) is 13.3. The fourth-order valence-corrected chi connectivity index (χ4v) is 1.90. The van der Waals surface area contributed by atoms with Crippen molar-refractivity contribution in [3.05, 3.63) is 35.4 Å². The lowest BCUT2D eigenvalue weighted by Crippen LogP contribution is -2.47. The summed E-state index contributed by atoms with van der Waals surface area (Å²) in [5, 5.41) is 11.5. The fraction of sp³-hybridized carbons (Fsp3) is 0.417. The van der Waals surface area contributed by atoms with E-state index < -0.39 is 23.8 Å². The third-order valence-electron chi connectivity index (χ3n) is 2.93. The van der Waals surface area contributed by atoms with Crippen LogP contribution in [0.1, 0.15) is 28.8 Å². The molecule has 0 aromatic heterocycles. The average Bonchev–Trinajstić information content (AvgIpc) is 2.26. The van der Waals surface area contributed by atoms with Crippen LogP contribution in [0.25, 0.3) is 0 Å². The van der Waals surface area contributed by atoms with Crippen molar-refractivity contribution in [1.82, 2.24) is 5.32 Å². The van der Waals surface area contributed by atoms with Gasteiger partial charge in [-0.15, -0.1) is 0 Å². The highest BCUT2D eigenvalue weighted by Crippen LogP contribution is 2.32. The predicted octanol–water partition coefficient (Wildman–Crippen LogP) is 1.96. The Bertz CT molecular complexity index is 453. The summed E-state index contributed by atoms with van der Waals surface area (Å²) >= 11 is 0. The summed E-state index contributed by atoms with van der Waals surface area (Å²) in [6.07, 6.45) is -4.24. The van der Waals surface area contributed by atoms with Gasteiger partial charge in [0.1, 0.15) is 0 Å². The van der Waals surface area contributed by atoms with Gasteiger partial charge in [0.25, 0.3) is 5.91 Å². The molecule has 0 spiro atoms. The average molecular weight is 259 g/mol. The first-order valence-electron chi connectivity index (χ1n) is 5.53. The summed E-state index contributed by atoms with van der Waals surface area (Å²) in [7, 11) is 0. The second-order valence-electron chi connectivity index (χ2n) is 4.34. The molecule has 1 amide bonds. The summed E-state index contributed by atoms with van der Waals surface area (Å²) in [5.41, 5.74) is -1.33. The van der Waals surface area contributed by atoms with Crippen LogP contribution in [0.4, 0.5) is 13.2 Å². The van der Waals surface area contributed by atoms with Gasteiger partial charge in [0.2, 0.25) is 0 Å². The van der Waals surface area contributed by atoms with Crippen LogP contribution in [0.2, 0.25) is 0 Å². The molecular weight excluding hydrogens is 247 g/mol. The van der Waals surface area contributed by atoms with Gasteiger partial charge >= 0.3 is 6.18 Å². The minimum atomic E-state index is -4.55. The quantitative estimate of drug-likeness (QED) is 0.853. The maximum absolute atomic E-state index is 12.7. The standard InChI is InChI=1S/C12H12F3NO2/c13-12(14,15)10-4-2-1-3-9(10)11(18)16-7-5-8(17)6-7/h1-4,7-8,17H,5-6H2,(H,16,18). The first kappa shape index (κ1) is 12.9. The zero-order valence-corrected chi connectivity index (χ0v) is 9.37. The fourth-order valence-electron chi connectivity index (χ4n) is 1.90. The third kappa shape index (κ3) is 2.64. The van der Waals surface area contributed by atoms with Gasteiger partial charge in [-0.05, 0) is 25.0 Å². The molecular formula is C12H12F3NO2. The minimum Gasteiger partial charge on any atom is -0.393 e. The van der Waals surface area contributed by atoms with Crippen LogP contribution in [0.5, 0.6) is 0 Å². The smallest absolute Gasteiger partial charge is 0.393 e. The molecule has 1 aliphatic rings. The summed E-state index contributed by atoms with van der Waals surface area (Å²) in [4.78, 5) is 11.7. The molecule has 1 saturated carbocycles. The molecule has 1 fully saturated rings. The van der Waals surface area contributed by atoms with Gasteiger partial charge < -0.3 is 10.4 Å². The van der Waals surface area contributed by atoms with E-state index in [0.29, 0.717) is 12.8 Å². The largest absolute Gasteiger partial charge is 0.417 e. The molecule has 1 aromatic carbocycles. The number of carbonyl (C=O) groups is 1. The van der Waals surface area contributed by atoms with Crippen LogP contribution < -0.4 is 5.32 Å². The van der Waals surface area contributed by atoms with Crippen LogP contribution in [-0.2, 0) is 6.18 Å². The van der Waals surface area contributed by atoms with Gasteiger partial charge in [0.05, 0.1) is 17.2 Å². The maximum Gasteiger partial charge on any atom is 0.417 e. The number of hydrogen-bond donors (Lipinski definition) is 2. The molecule has 0 aliphatic heterocycles. The van der Waals surface area contributed by atoms with Crippen molar-refractivity contribution >= 4 is 5.91 Å². The van der Waals surface area contributed by atoms with Crippen LogP contribution in [-0.4, -0.2) is 23.2 Å². The molecule has 0 unspecified atom stereocenters. The number of amides is 1. The number of aliphatic hydroxyl groups is 1. The molecule has 1 aromatic rings. The zero-order valence-electron chi connectivity index (χ0n) is 9.37. The lowest BCUT2D eigenvalue weighted by molar-refractivity contribution is -0.138. The normalized spacial score (nSPS) is 23.3. The van der Waals surface area contributed by atoms with Crippen molar-refractivity contribution in [3.8, 4) is 0 Å². The molecule has 98 valence electrons. The highest BCUT2D eigenvalue weighted by atomic mass is 19.4. The molecule has 6 heteroatoms. The second kappa shape index (κ2) is 4.61. The molecule has 3 nitrogen and oxygen atoms in total. The number of benzene rings is 1. The summed E-state index contributed by atoms with van der Waals surface area (Å²) in [6, 6.07) is 4.42. The summed E-state index contributed by atoms with van der Waals surface area (Å²) < 4.78 is 38.1. The van der Waals surface area contributed by atoms with Gasteiger partial charge in [-0.2, -0.15) is 13.2 Å². The highest BCUT2D eigenvalue weighted by Gasteiger charge is 2.36. The van der Waals surface area contributed by atoms with Crippen LogP contribution in [0.3, 0.4) is 0 Å². The van der Waals surface area contributed by atoms with Crippen molar-refractivity contribution in [3.63, 3.8) is 0 Å². The van der Waals surface area contributed by atoms with E-state index in [1.165, 1.54) is 12.1 Å². The molecule has 18 heavy (non-hydrogen) atoms.